The van der Waals surface area contributed by atoms with Gasteiger partial charge in [-0.15, -0.1) is 0 Å². The largest absolute Gasteiger partial charge is 0.446 e. The van der Waals surface area contributed by atoms with Gasteiger partial charge >= 0.3 is 6.09 Å². The van der Waals surface area contributed by atoms with Crippen molar-refractivity contribution in [2.24, 2.45) is 11.3 Å². The Labute approximate surface area is 210 Å². The monoisotopic (exact) mass is 485 g/mol. The van der Waals surface area contributed by atoms with Gasteiger partial charge in [0.25, 0.3) is 0 Å². The van der Waals surface area contributed by atoms with E-state index in [2.05, 4.69) is 44.7 Å². The molecule has 194 valence electrons. The number of nitriles is 1. The second kappa shape index (κ2) is 9.36. The highest BCUT2D eigenvalue weighted by atomic mass is 16.7. The molecule has 1 saturated carbocycles. The number of hydrogen-bond donors (Lipinski definition) is 0. The summed E-state index contributed by atoms with van der Waals surface area (Å²) in [5.41, 5.74) is 0.983. The normalized spacial score (nSPS) is 38.4. The summed E-state index contributed by atoms with van der Waals surface area (Å²) < 4.78 is 18.2. The third-order valence-corrected chi connectivity index (χ3v) is 9.36. The lowest BCUT2D eigenvalue weighted by Crippen LogP contribution is -2.52. The SMILES string of the molecule is CC(C)=CC[C@H]1O[C@@]1(C)C1OC12CCC(OC(=O)N1CC(CCN3CCC(C)(C#N)CC3)C1)CC2. The van der Waals surface area contributed by atoms with E-state index in [0.29, 0.717) is 5.92 Å². The number of ether oxygens (including phenoxy) is 3. The minimum absolute atomic E-state index is 0.00854. The van der Waals surface area contributed by atoms with Gasteiger partial charge in [-0.1, -0.05) is 11.6 Å². The molecule has 5 rings (SSSR count). The Hall–Kier alpha value is -1.62. The fourth-order valence-corrected chi connectivity index (χ4v) is 6.41. The van der Waals surface area contributed by atoms with Crippen LogP contribution >= 0.6 is 0 Å². The van der Waals surface area contributed by atoms with E-state index in [1.807, 2.05) is 4.90 Å². The van der Waals surface area contributed by atoms with E-state index in [4.69, 9.17) is 14.2 Å². The third-order valence-electron chi connectivity index (χ3n) is 9.36. The van der Waals surface area contributed by atoms with Crippen molar-refractivity contribution >= 4 is 6.09 Å². The van der Waals surface area contributed by atoms with Crippen LogP contribution in [-0.2, 0) is 14.2 Å². The van der Waals surface area contributed by atoms with Gasteiger partial charge in [0.2, 0.25) is 0 Å². The van der Waals surface area contributed by atoms with E-state index in [-0.39, 0.29) is 41.0 Å². The second-order valence-electron chi connectivity index (χ2n) is 12.5. The first-order chi connectivity index (χ1) is 16.6. The van der Waals surface area contributed by atoms with Crippen molar-refractivity contribution in [2.45, 2.75) is 109 Å². The number of hydrogen-bond acceptors (Lipinski definition) is 6. The highest BCUT2D eigenvalue weighted by molar-refractivity contribution is 5.68. The number of epoxide rings is 2. The second-order valence-corrected chi connectivity index (χ2v) is 12.5. The van der Waals surface area contributed by atoms with Crippen molar-refractivity contribution in [3.05, 3.63) is 11.6 Å². The topological polar surface area (TPSA) is 81.6 Å². The zero-order valence-corrected chi connectivity index (χ0v) is 22.1. The fourth-order valence-electron chi connectivity index (χ4n) is 6.41. The summed E-state index contributed by atoms with van der Waals surface area (Å²) >= 11 is 0. The summed E-state index contributed by atoms with van der Waals surface area (Å²) in [5, 5.41) is 9.29. The minimum Gasteiger partial charge on any atom is -0.446 e. The highest BCUT2D eigenvalue weighted by Crippen LogP contribution is 2.60. The standard InChI is InChI=1S/C28H43N3O4/c1-20(2)5-6-23-27(4,34-23)24-28(35-24)10-7-22(8-11-28)33-25(32)31-17-21(18-31)9-14-30-15-12-26(3,19-29)13-16-30/h5,21-24H,6-18H2,1-4H3/t22?,23-,24?,27-,28?/m1/s1. The fraction of sp³-hybridized carbons (Fsp3) is 0.857. The molecule has 7 nitrogen and oxygen atoms in total. The van der Waals surface area contributed by atoms with Crippen LogP contribution in [0.4, 0.5) is 4.79 Å². The minimum atomic E-state index is -0.147. The van der Waals surface area contributed by atoms with E-state index < -0.39 is 0 Å². The molecule has 0 bridgehead atoms. The maximum atomic E-state index is 12.6. The van der Waals surface area contributed by atoms with Crippen molar-refractivity contribution < 1.29 is 19.0 Å². The first kappa shape index (κ1) is 25.0. The van der Waals surface area contributed by atoms with Crippen molar-refractivity contribution in [2.75, 3.05) is 32.7 Å². The molecule has 5 fully saturated rings. The highest BCUT2D eigenvalue weighted by Gasteiger charge is 2.73. The molecule has 0 N–H and O–H groups in total. The number of allylic oxidation sites excluding steroid dienone is 1. The Kier molecular flexibility index (Phi) is 6.69. The van der Waals surface area contributed by atoms with Gasteiger partial charge in [0, 0.05) is 13.1 Å². The molecule has 1 aliphatic carbocycles. The maximum Gasteiger partial charge on any atom is 0.410 e. The first-order valence-electron chi connectivity index (χ1n) is 13.7. The van der Waals surface area contributed by atoms with Gasteiger partial charge in [-0.2, -0.15) is 5.26 Å². The van der Waals surface area contributed by atoms with Crippen molar-refractivity contribution in [1.29, 1.82) is 5.26 Å². The van der Waals surface area contributed by atoms with Crippen molar-refractivity contribution in [3.63, 3.8) is 0 Å². The third kappa shape index (κ3) is 5.26. The summed E-state index contributed by atoms with van der Waals surface area (Å²) in [4.78, 5) is 17.0. The first-order valence-corrected chi connectivity index (χ1v) is 13.7. The van der Waals surface area contributed by atoms with Crippen LogP contribution in [0.5, 0.6) is 0 Å². The molecule has 7 heteroatoms. The Morgan fingerprint density at radius 2 is 1.80 bits per heavy atom. The van der Waals surface area contributed by atoms with Crippen molar-refractivity contribution in [1.82, 2.24) is 9.80 Å². The lowest BCUT2D eigenvalue weighted by molar-refractivity contribution is 0.00425. The van der Waals surface area contributed by atoms with E-state index in [1.54, 1.807) is 0 Å². The molecule has 4 aliphatic heterocycles. The summed E-state index contributed by atoms with van der Waals surface area (Å²) in [5.74, 6) is 0.570. The predicted octanol–water partition coefficient (Wildman–Crippen LogP) is 4.66. The molecule has 5 aliphatic rings. The Bertz CT molecular complexity index is 871. The van der Waals surface area contributed by atoms with Gasteiger partial charge in [-0.3, -0.25) is 0 Å². The van der Waals surface area contributed by atoms with Crippen LogP contribution in [0.2, 0.25) is 0 Å². The molecule has 1 amide bonds. The van der Waals surface area contributed by atoms with Gasteiger partial charge in [0.15, 0.2) is 0 Å². The predicted molar refractivity (Wildman–Crippen MR) is 133 cm³/mol. The smallest absolute Gasteiger partial charge is 0.410 e. The van der Waals surface area contributed by atoms with Gasteiger partial charge < -0.3 is 24.0 Å². The number of likely N-dealkylation sites (tertiary alicyclic amines) is 2. The maximum absolute atomic E-state index is 12.6. The quantitative estimate of drug-likeness (QED) is 0.385. The van der Waals surface area contributed by atoms with Crippen LogP contribution in [0.3, 0.4) is 0 Å². The van der Waals surface area contributed by atoms with Crippen LogP contribution in [0.25, 0.3) is 0 Å². The van der Waals surface area contributed by atoms with Gasteiger partial charge in [-0.25, -0.2) is 4.79 Å². The Balaban J connectivity index is 0.965. The summed E-state index contributed by atoms with van der Waals surface area (Å²) in [6.45, 7) is 13.2. The van der Waals surface area contributed by atoms with Crippen LogP contribution in [0.1, 0.15) is 79.1 Å². The molecule has 3 atom stereocenters. The van der Waals surface area contributed by atoms with E-state index in [9.17, 15) is 10.1 Å². The van der Waals surface area contributed by atoms with Crippen LogP contribution in [0.15, 0.2) is 11.6 Å². The molecule has 0 aromatic heterocycles. The average molecular weight is 486 g/mol. The lowest BCUT2D eigenvalue weighted by Gasteiger charge is -2.41. The Morgan fingerprint density at radius 1 is 1.11 bits per heavy atom. The van der Waals surface area contributed by atoms with E-state index in [1.165, 1.54) is 5.57 Å². The van der Waals surface area contributed by atoms with Gasteiger partial charge in [-0.05, 0) is 105 Å². The van der Waals surface area contributed by atoms with E-state index in [0.717, 1.165) is 84.1 Å². The molecular formula is C28H43N3O4. The number of nitrogens with zero attached hydrogens (tertiary/aromatic N) is 3. The van der Waals surface area contributed by atoms with E-state index >= 15 is 0 Å². The molecule has 1 unspecified atom stereocenters. The number of piperidine rings is 1. The molecule has 4 heterocycles. The number of rotatable bonds is 7. The Morgan fingerprint density at radius 3 is 2.43 bits per heavy atom. The number of carbonyl (C=O) groups is 1. The number of carbonyl (C=O) groups excluding carboxylic acids is 1. The summed E-state index contributed by atoms with van der Waals surface area (Å²) in [6, 6.07) is 2.47. The molecule has 0 aromatic rings. The zero-order chi connectivity index (χ0) is 24.8. The van der Waals surface area contributed by atoms with Crippen LogP contribution in [-0.4, -0.2) is 78.1 Å². The van der Waals surface area contributed by atoms with Gasteiger partial charge in [0.05, 0.1) is 23.2 Å². The average Bonchev–Trinajstić information content (AvgIpc) is 3.70. The van der Waals surface area contributed by atoms with Crippen LogP contribution < -0.4 is 0 Å². The lowest BCUT2D eigenvalue weighted by atomic mass is 9.80. The molecule has 0 aromatic carbocycles. The van der Waals surface area contributed by atoms with Crippen molar-refractivity contribution in [3.8, 4) is 6.07 Å². The van der Waals surface area contributed by atoms with Gasteiger partial charge in [0.1, 0.15) is 17.8 Å². The number of amides is 1. The summed E-state index contributed by atoms with van der Waals surface area (Å²) in [7, 11) is 0. The molecule has 0 radical (unpaired) electrons. The summed E-state index contributed by atoms with van der Waals surface area (Å²) in [6.07, 6.45) is 10.2. The molecular weight excluding hydrogens is 442 g/mol. The van der Waals surface area contributed by atoms with Crippen LogP contribution in [0, 0.1) is 22.7 Å². The molecule has 1 spiro atoms. The molecule has 35 heavy (non-hydrogen) atoms. The zero-order valence-electron chi connectivity index (χ0n) is 22.1. The molecule has 4 saturated heterocycles.